The second-order valence-electron chi connectivity index (χ2n) is 6.76. The van der Waals surface area contributed by atoms with Gasteiger partial charge in [-0.1, -0.05) is 57.5 Å². The quantitative estimate of drug-likeness (QED) is 0.803. The van der Waals surface area contributed by atoms with Crippen LogP contribution < -0.4 is 5.32 Å². The molecule has 0 bridgehead atoms. The van der Waals surface area contributed by atoms with Crippen LogP contribution in [-0.4, -0.2) is 6.04 Å². The zero-order chi connectivity index (χ0) is 13.7. The molecule has 0 aliphatic heterocycles. The Balaban J connectivity index is 1.75. The molecule has 0 amide bonds. The third-order valence-corrected chi connectivity index (χ3v) is 5.18. The van der Waals surface area contributed by atoms with Crippen LogP contribution in [0, 0.1) is 11.3 Å². The SMILES string of the molecule is CCC(C)(C)[C@H]1CC[C@H](NCc2ccccc2)CC1. The van der Waals surface area contributed by atoms with Gasteiger partial charge in [0.05, 0.1) is 0 Å². The fraction of sp³-hybridized carbons (Fsp3) is 0.667. The van der Waals surface area contributed by atoms with Gasteiger partial charge in [-0.05, 0) is 42.6 Å². The van der Waals surface area contributed by atoms with Gasteiger partial charge in [-0.3, -0.25) is 0 Å². The molecular formula is C18H29N. The molecule has 1 saturated carbocycles. The molecule has 1 aromatic rings. The highest BCUT2D eigenvalue weighted by atomic mass is 14.9. The van der Waals surface area contributed by atoms with E-state index in [2.05, 4.69) is 56.4 Å². The highest BCUT2D eigenvalue weighted by Crippen LogP contribution is 2.40. The van der Waals surface area contributed by atoms with Crippen LogP contribution in [0.5, 0.6) is 0 Å². The van der Waals surface area contributed by atoms with Gasteiger partial charge in [0.1, 0.15) is 0 Å². The van der Waals surface area contributed by atoms with E-state index in [0.29, 0.717) is 5.41 Å². The van der Waals surface area contributed by atoms with Crippen molar-refractivity contribution >= 4 is 0 Å². The molecule has 0 unspecified atom stereocenters. The summed E-state index contributed by atoms with van der Waals surface area (Å²) in [6.07, 6.45) is 6.79. The maximum Gasteiger partial charge on any atom is 0.0208 e. The maximum absolute atomic E-state index is 3.73. The van der Waals surface area contributed by atoms with E-state index in [1.54, 1.807) is 0 Å². The van der Waals surface area contributed by atoms with Gasteiger partial charge in [0.25, 0.3) is 0 Å². The van der Waals surface area contributed by atoms with E-state index in [1.165, 1.54) is 37.7 Å². The van der Waals surface area contributed by atoms with Crippen molar-refractivity contribution in [1.82, 2.24) is 5.32 Å². The normalized spacial score (nSPS) is 24.4. The van der Waals surface area contributed by atoms with Crippen molar-refractivity contribution in [3.05, 3.63) is 35.9 Å². The number of benzene rings is 1. The van der Waals surface area contributed by atoms with Gasteiger partial charge >= 0.3 is 0 Å². The van der Waals surface area contributed by atoms with Gasteiger partial charge in [-0.15, -0.1) is 0 Å². The highest BCUT2D eigenvalue weighted by Gasteiger charge is 2.31. The molecule has 0 radical (unpaired) electrons. The third kappa shape index (κ3) is 4.07. The first-order valence-electron chi connectivity index (χ1n) is 7.89. The first-order chi connectivity index (χ1) is 9.12. The molecule has 0 spiro atoms. The molecule has 1 nitrogen and oxygen atoms in total. The minimum absolute atomic E-state index is 0.532. The first-order valence-corrected chi connectivity index (χ1v) is 7.89. The van der Waals surface area contributed by atoms with Gasteiger partial charge in [-0.25, -0.2) is 0 Å². The fourth-order valence-electron chi connectivity index (χ4n) is 3.23. The average Bonchev–Trinajstić information content (AvgIpc) is 2.47. The summed E-state index contributed by atoms with van der Waals surface area (Å²) >= 11 is 0. The molecule has 1 fully saturated rings. The van der Waals surface area contributed by atoms with Gasteiger partial charge in [0, 0.05) is 12.6 Å². The lowest BCUT2D eigenvalue weighted by Gasteiger charge is -2.39. The zero-order valence-electron chi connectivity index (χ0n) is 12.8. The molecule has 0 atom stereocenters. The Morgan fingerprint density at radius 1 is 1.05 bits per heavy atom. The second-order valence-corrected chi connectivity index (χ2v) is 6.76. The summed E-state index contributed by atoms with van der Waals surface area (Å²) in [4.78, 5) is 0. The predicted octanol–water partition coefficient (Wildman–Crippen LogP) is 4.77. The topological polar surface area (TPSA) is 12.0 Å². The molecule has 0 heterocycles. The van der Waals surface area contributed by atoms with Crippen molar-refractivity contribution in [2.45, 2.75) is 65.5 Å². The lowest BCUT2D eigenvalue weighted by Crippen LogP contribution is -2.36. The van der Waals surface area contributed by atoms with E-state index < -0.39 is 0 Å². The Kier molecular flexibility index (Phi) is 5.04. The van der Waals surface area contributed by atoms with E-state index in [-0.39, 0.29) is 0 Å². The molecular weight excluding hydrogens is 230 g/mol. The van der Waals surface area contributed by atoms with Gasteiger partial charge in [0.15, 0.2) is 0 Å². The number of nitrogens with one attached hydrogen (secondary N) is 1. The van der Waals surface area contributed by atoms with E-state index in [0.717, 1.165) is 18.5 Å². The van der Waals surface area contributed by atoms with Gasteiger partial charge in [0.2, 0.25) is 0 Å². The van der Waals surface area contributed by atoms with Crippen molar-refractivity contribution in [2.24, 2.45) is 11.3 Å². The summed E-state index contributed by atoms with van der Waals surface area (Å²) in [7, 11) is 0. The fourth-order valence-corrected chi connectivity index (χ4v) is 3.23. The summed E-state index contributed by atoms with van der Waals surface area (Å²) in [5, 5.41) is 3.73. The molecule has 1 heteroatoms. The Morgan fingerprint density at radius 2 is 1.68 bits per heavy atom. The van der Waals surface area contributed by atoms with E-state index >= 15 is 0 Å². The van der Waals surface area contributed by atoms with Crippen LogP contribution in [0.1, 0.15) is 58.4 Å². The molecule has 1 aliphatic rings. The summed E-state index contributed by atoms with van der Waals surface area (Å²) in [6, 6.07) is 11.5. The lowest BCUT2D eigenvalue weighted by molar-refractivity contribution is 0.137. The second kappa shape index (κ2) is 6.56. The number of hydrogen-bond donors (Lipinski definition) is 1. The maximum atomic E-state index is 3.73. The molecule has 0 saturated heterocycles. The van der Waals surface area contributed by atoms with Crippen LogP contribution in [0.3, 0.4) is 0 Å². The van der Waals surface area contributed by atoms with Crippen molar-refractivity contribution < 1.29 is 0 Å². The molecule has 2 rings (SSSR count). The summed E-state index contributed by atoms with van der Waals surface area (Å²) in [6.45, 7) is 8.23. The smallest absolute Gasteiger partial charge is 0.0208 e. The van der Waals surface area contributed by atoms with Crippen molar-refractivity contribution in [1.29, 1.82) is 0 Å². The highest BCUT2D eigenvalue weighted by molar-refractivity contribution is 5.14. The van der Waals surface area contributed by atoms with Crippen LogP contribution in [-0.2, 0) is 6.54 Å². The van der Waals surface area contributed by atoms with Crippen molar-refractivity contribution in [3.8, 4) is 0 Å². The van der Waals surface area contributed by atoms with Crippen LogP contribution in [0.2, 0.25) is 0 Å². The van der Waals surface area contributed by atoms with E-state index in [1.807, 2.05) is 0 Å². The van der Waals surface area contributed by atoms with Crippen LogP contribution in [0.25, 0.3) is 0 Å². The van der Waals surface area contributed by atoms with Gasteiger partial charge < -0.3 is 5.32 Å². The average molecular weight is 259 g/mol. The summed E-state index contributed by atoms with van der Waals surface area (Å²) in [5.74, 6) is 0.923. The number of hydrogen-bond acceptors (Lipinski definition) is 1. The minimum Gasteiger partial charge on any atom is -0.310 e. The minimum atomic E-state index is 0.532. The van der Waals surface area contributed by atoms with E-state index in [4.69, 9.17) is 0 Å². The van der Waals surface area contributed by atoms with Crippen LogP contribution >= 0.6 is 0 Å². The van der Waals surface area contributed by atoms with Gasteiger partial charge in [-0.2, -0.15) is 0 Å². The summed E-state index contributed by atoms with van der Waals surface area (Å²) < 4.78 is 0. The molecule has 106 valence electrons. The molecule has 1 aliphatic carbocycles. The Labute approximate surface area is 118 Å². The zero-order valence-corrected chi connectivity index (χ0v) is 12.8. The monoisotopic (exact) mass is 259 g/mol. The van der Waals surface area contributed by atoms with Crippen molar-refractivity contribution in [3.63, 3.8) is 0 Å². The Hall–Kier alpha value is -0.820. The standard InChI is InChI=1S/C18H29N/c1-4-18(2,3)16-10-12-17(13-11-16)19-14-15-8-6-5-7-9-15/h5-9,16-17,19H,4,10-14H2,1-3H3/t16-,17-. The molecule has 1 N–H and O–H groups in total. The number of rotatable bonds is 5. The van der Waals surface area contributed by atoms with Crippen LogP contribution in [0.4, 0.5) is 0 Å². The largest absolute Gasteiger partial charge is 0.310 e. The van der Waals surface area contributed by atoms with Crippen molar-refractivity contribution in [2.75, 3.05) is 0 Å². The van der Waals surface area contributed by atoms with Crippen LogP contribution in [0.15, 0.2) is 30.3 Å². The molecule has 19 heavy (non-hydrogen) atoms. The Bertz CT molecular complexity index is 361. The lowest BCUT2D eigenvalue weighted by atomic mass is 9.69. The van der Waals surface area contributed by atoms with E-state index in [9.17, 15) is 0 Å². The third-order valence-electron chi connectivity index (χ3n) is 5.18. The predicted molar refractivity (Wildman–Crippen MR) is 83.1 cm³/mol. The Morgan fingerprint density at radius 3 is 2.26 bits per heavy atom. The first kappa shape index (κ1) is 14.6. The molecule has 1 aromatic carbocycles. The summed E-state index contributed by atoms with van der Waals surface area (Å²) in [5.41, 5.74) is 1.93. The molecule has 0 aromatic heterocycles.